The summed E-state index contributed by atoms with van der Waals surface area (Å²) < 4.78 is 21.2. The van der Waals surface area contributed by atoms with E-state index in [0.29, 0.717) is 32.2 Å². The Kier molecular flexibility index (Phi) is 43.8. The summed E-state index contributed by atoms with van der Waals surface area (Å²) in [5.41, 5.74) is 0. The molecule has 26 nitrogen and oxygen atoms in total. The lowest BCUT2D eigenvalue weighted by Gasteiger charge is -2.17. The Morgan fingerprint density at radius 3 is 1.16 bits per heavy atom. The van der Waals surface area contributed by atoms with Crippen LogP contribution in [0.1, 0.15) is 162 Å². The molecule has 0 aromatic heterocycles. The van der Waals surface area contributed by atoms with E-state index < -0.39 is 84.6 Å². The molecule has 0 radical (unpaired) electrons. The lowest BCUT2D eigenvalue weighted by atomic mass is 10.0. The zero-order chi connectivity index (χ0) is 57.5. The number of aliphatic carboxylic acids is 4. The van der Waals surface area contributed by atoms with E-state index in [0.717, 1.165) is 70.6 Å². The molecule has 26 heteroatoms. The number of unbranched alkanes of at least 4 members (excludes halogenated alkanes) is 12. The van der Waals surface area contributed by atoms with Crippen LogP contribution in [0.25, 0.3) is 0 Å². The molecule has 77 heavy (non-hydrogen) atoms. The summed E-state index contributed by atoms with van der Waals surface area (Å²) in [5.74, 6) is -7.92. The number of likely N-dealkylation sites (N-methyl/N-ethyl adjacent to an activating group) is 1. The average Bonchev–Trinajstić information content (AvgIpc) is 3.37. The molecule has 0 rings (SSSR count). The van der Waals surface area contributed by atoms with Gasteiger partial charge in [-0.25, -0.2) is 14.4 Å². The summed E-state index contributed by atoms with van der Waals surface area (Å²) in [5, 5.41) is 55.0. The SMILES string of the molecule is CN[C@@H](CCCCNC(=O)CC[C@H](NC(=O)CC[C@H](NC(=O)COCCOCCNC(=O)COCCOCCNC(=O)CC[C@H](NC(=O)CCCCCCCCCCCCCCC(=O)O)C(=O)O)C(=O)O)C(=O)O)C(C)=O.[HH].[HH].[HH].[HH].[HH]. The van der Waals surface area contributed by atoms with E-state index in [2.05, 4.69) is 37.2 Å². The first-order valence-electron chi connectivity index (χ1n) is 26.9. The van der Waals surface area contributed by atoms with E-state index in [1.807, 2.05) is 0 Å². The van der Waals surface area contributed by atoms with Crippen molar-refractivity contribution in [2.75, 3.05) is 79.5 Å². The first kappa shape index (κ1) is 71.2. The molecule has 452 valence electrons. The quantitative estimate of drug-likeness (QED) is 0.0390. The van der Waals surface area contributed by atoms with E-state index in [4.69, 9.17) is 24.1 Å². The molecule has 0 aliphatic heterocycles. The summed E-state index contributed by atoms with van der Waals surface area (Å²) in [4.78, 5) is 131. The Hall–Kier alpha value is -5.83. The fourth-order valence-electron chi connectivity index (χ4n) is 7.47. The van der Waals surface area contributed by atoms with Crippen LogP contribution in [-0.4, -0.2) is 189 Å². The molecule has 0 aromatic rings. The maximum atomic E-state index is 12.5. The Balaban J connectivity index is -0.00000289. The van der Waals surface area contributed by atoms with Crippen molar-refractivity contribution < 1.29 is 99.2 Å². The standard InChI is InChI=1S/C51H89N7O19.5H2/c1-37(59)38(52-2)17-15-16-26-53-42(60)23-20-40(50(70)71)57-45(63)25-22-41(51(72)73)58-47(65)36-77-34-32-75-30-28-55-46(64)35-76-33-31-74-29-27-54-43(61)24-21-39(49(68)69)56-44(62)18-13-11-9-7-5-3-4-6-8-10-12-14-19-48(66)67;;;;;/h38-41,52H,3-36H2,1-2H3,(H,53,60)(H,54,61)(H,55,64)(H,56,62)(H,57,63)(H,58,65)(H,66,67)(H,68,69)(H,70,71)(H,72,73);5*1H/t38-,39-,40-,41-;;;;;/m0...../s1. The van der Waals surface area contributed by atoms with E-state index >= 15 is 0 Å². The molecule has 0 aliphatic rings. The van der Waals surface area contributed by atoms with Crippen molar-refractivity contribution >= 4 is 65.1 Å². The van der Waals surface area contributed by atoms with Crippen LogP contribution in [0, 0.1) is 0 Å². The van der Waals surface area contributed by atoms with Gasteiger partial charge in [0, 0.05) is 58.9 Å². The summed E-state index contributed by atoms with van der Waals surface area (Å²) in [7, 11) is 1.69. The van der Waals surface area contributed by atoms with Crippen LogP contribution < -0.4 is 37.2 Å². The molecule has 0 fully saturated rings. The zero-order valence-corrected chi connectivity index (χ0v) is 45.3. The third kappa shape index (κ3) is 43.9. The second-order valence-corrected chi connectivity index (χ2v) is 18.5. The Morgan fingerprint density at radius 1 is 0.364 bits per heavy atom. The number of ketones is 1. The molecule has 0 aromatic carbocycles. The Morgan fingerprint density at radius 2 is 0.727 bits per heavy atom. The van der Waals surface area contributed by atoms with Gasteiger partial charge in [-0.1, -0.05) is 64.2 Å². The minimum absolute atomic E-state index is 0. The number of hydrogen-bond acceptors (Lipinski definition) is 16. The zero-order valence-electron chi connectivity index (χ0n) is 45.3. The number of nitrogens with one attached hydrogen (secondary N) is 7. The van der Waals surface area contributed by atoms with Crippen molar-refractivity contribution in [2.24, 2.45) is 0 Å². The summed E-state index contributed by atoms with van der Waals surface area (Å²) in [6, 6.07) is -4.33. The van der Waals surface area contributed by atoms with Crippen molar-refractivity contribution in [1.29, 1.82) is 0 Å². The van der Waals surface area contributed by atoms with Crippen molar-refractivity contribution in [3.63, 3.8) is 0 Å². The molecule has 0 heterocycles. The molecular weight excluding hydrogens is 1010 g/mol. The predicted octanol–water partition coefficient (Wildman–Crippen LogP) is 2.57. The number of carbonyl (C=O) groups excluding carboxylic acids is 7. The summed E-state index contributed by atoms with van der Waals surface area (Å²) >= 11 is 0. The summed E-state index contributed by atoms with van der Waals surface area (Å²) in [6.45, 7) is 1.82. The van der Waals surface area contributed by atoms with E-state index in [1.54, 1.807) is 7.05 Å². The molecular formula is C51H99N7O19. The van der Waals surface area contributed by atoms with Crippen molar-refractivity contribution in [1.82, 2.24) is 37.2 Å². The second-order valence-electron chi connectivity index (χ2n) is 18.5. The van der Waals surface area contributed by atoms with Gasteiger partial charge in [-0.2, -0.15) is 0 Å². The molecule has 6 amide bonds. The molecule has 0 aliphatic carbocycles. The van der Waals surface area contributed by atoms with Gasteiger partial charge in [0.25, 0.3) is 0 Å². The average molecular weight is 1110 g/mol. The maximum absolute atomic E-state index is 12.5. The van der Waals surface area contributed by atoms with Gasteiger partial charge in [0.2, 0.25) is 35.4 Å². The fourth-order valence-corrected chi connectivity index (χ4v) is 7.47. The first-order chi connectivity index (χ1) is 36.9. The number of carboxylic acids is 4. The Labute approximate surface area is 459 Å². The number of ether oxygens (including phenoxy) is 4. The number of amides is 6. The highest BCUT2D eigenvalue weighted by atomic mass is 16.5. The van der Waals surface area contributed by atoms with E-state index in [-0.39, 0.29) is 129 Å². The topological polar surface area (TPSA) is 390 Å². The van der Waals surface area contributed by atoms with Crippen LogP contribution in [-0.2, 0) is 71.7 Å². The second kappa shape index (κ2) is 47.4. The highest BCUT2D eigenvalue weighted by Crippen LogP contribution is 2.13. The normalized spacial score (nSPS) is 12.5. The first-order valence-corrected chi connectivity index (χ1v) is 26.9. The smallest absolute Gasteiger partial charge is 0.326 e. The lowest BCUT2D eigenvalue weighted by molar-refractivity contribution is -0.144. The highest BCUT2D eigenvalue weighted by molar-refractivity contribution is 5.87. The molecule has 0 saturated heterocycles. The molecule has 4 atom stereocenters. The third-order valence-electron chi connectivity index (χ3n) is 11.9. The number of carboxylic acid groups (broad SMARTS) is 4. The molecule has 0 bridgehead atoms. The van der Waals surface area contributed by atoms with Gasteiger partial charge in [-0.05, 0) is 65.3 Å². The molecule has 0 unspecified atom stereocenters. The van der Waals surface area contributed by atoms with Gasteiger partial charge in [-0.3, -0.25) is 38.4 Å². The highest BCUT2D eigenvalue weighted by Gasteiger charge is 2.25. The van der Waals surface area contributed by atoms with Crippen LogP contribution in [0.15, 0.2) is 0 Å². The number of hydrogen-bond donors (Lipinski definition) is 11. The van der Waals surface area contributed by atoms with Gasteiger partial charge in [-0.15, -0.1) is 0 Å². The van der Waals surface area contributed by atoms with Gasteiger partial charge in [0.05, 0.1) is 45.7 Å². The van der Waals surface area contributed by atoms with E-state index in [1.165, 1.54) is 6.92 Å². The van der Waals surface area contributed by atoms with Gasteiger partial charge in [0.1, 0.15) is 37.1 Å². The lowest BCUT2D eigenvalue weighted by Crippen LogP contribution is -2.45. The van der Waals surface area contributed by atoms with Crippen molar-refractivity contribution in [3.8, 4) is 0 Å². The summed E-state index contributed by atoms with van der Waals surface area (Å²) in [6.07, 6.45) is 13.0. The number of carbonyl (C=O) groups is 11. The largest absolute Gasteiger partial charge is 0.481 e. The number of rotatable bonds is 53. The monoisotopic (exact) mass is 1110 g/mol. The fraction of sp³-hybridized carbons (Fsp3) is 0.784. The molecule has 0 saturated carbocycles. The van der Waals surface area contributed by atoms with Gasteiger partial charge < -0.3 is 76.6 Å². The molecule has 11 N–H and O–H groups in total. The maximum Gasteiger partial charge on any atom is 0.326 e. The minimum atomic E-state index is -1.48. The van der Waals surface area contributed by atoms with Crippen molar-refractivity contribution in [2.45, 2.75) is 179 Å². The Bertz CT molecular complexity index is 1780. The molecule has 0 spiro atoms. The van der Waals surface area contributed by atoms with Crippen LogP contribution in [0.3, 0.4) is 0 Å². The van der Waals surface area contributed by atoms with Crippen LogP contribution in [0.2, 0.25) is 0 Å². The van der Waals surface area contributed by atoms with Crippen LogP contribution in [0.5, 0.6) is 0 Å². The van der Waals surface area contributed by atoms with Gasteiger partial charge in [0.15, 0.2) is 0 Å². The minimum Gasteiger partial charge on any atom is -0.481 e. The van der Waals surface area contributed by atoms with Crippen LogP contribution >= 0.6 is 0 Å². The van der Waals surface area contributed by atoms with Gasteiger partial charge >= 0.3 is 23.9 Å². The van der Waals surface area contributed by atoms with Crippen molar-refractivity contribution in [3.05, 3.63) is 0 Å². The van der Waals surface area contributed by atoms with Crippen LogP contribution in [0.4, 0.5) is 0 Å². The third-order valence-corrected chi connectivity index (χ3v) is 11.9. The predicted molar refractivity (Wildman–Crippen MR) is 289 cm³/mol. The number of Topliss-reactive ketones (excluding diaryl/α,β-unsaturated/α-hetero) is 1. The van der Waals surface area contributed by atoms with E-state index in [9.17, 15) is 68.1 Å².